The lowest BCUT2D eigenvalue weighted by molar-refractivity contribution is -0.151. The highest BCUT2D eigenvalue weighted by molar-refractivity contribution is 6.17. The number of carbonyl (C=O) groups is 2. The van der Waals surface area contributed by atoms with Gasteiger partial charge < -0.3 is 14.6 Å². The molecule has 0 amide bonds. The van der Waals surface area contributed by atoms with E-state index in [1.54, 1.807) is 33.8 Å². The van der Waals surface area contributed by atoms with Gasteiger partial charge in [0.15, 0.2) is 11.6 Å². The van der Waals surface area contributed by atoms with Crippen molar-refractivity contribution in [2.75, 3.05) is 14.2 Å². The predicted octanol–water partition coefficient (Wildman–Crippen LogP) is 2.24. The smallest absolute Gasteiger partial charge is 0.347 e. The summed E-state index contributed by atoms with van der Waals surface area (Å²) in [6, 6.07) is 2.38. The molecule has 10 heteroatoms. The highest BCUT2D eigenvalue weighted by Gasteiger charge is 2.67. The normalized spacial score (nSPS) is 28.9. The van der Waals surface area contributed by atoms with Crippen molar-refractivity contribution in [1.29, 1.82) is 0 Å². The van der Waals surface area contributed by atoms with Gasteiger partial charge in [0.05, 0.1) is 32.2 Å². The van der Waals surface area contributed by atoms with Crippen molar-refractivity contribution in [3.8, 4) is 17.2 Å². The number of ketones is 2. The van der Waals surface area contributed by atoms with Crippen molar-refractivity contribution in [3.63, 3.8) is 0 Å². The van der Waals surface area contributed by atoms with Crippen LogP contribution in [0.25, 0.3) is 0 Å². The minimum absolute atomic E-state index is 0.110. The van der Waals surface area contributed by atoms with Crippen LogP contribution < -0.4 is 20.9 Å². The Bertz CT molecular complexity index is 1570. The maximum atomic E-state index is 14.2. The molecule has 0 unspecified atom stereocenters. The maximum absolute atomic E-state index is 14.2. The molecule has 1 aliphatic heterocycles. The van der Waals surface area contributed by atoms with Gasteiger partial charge in [-0.05, 0) is 37.0 Å². The summed E-state index contributed by atoms with van der Waals surface area (Å²) in [5, 5.41) is 11.3. The highest BCUT2D eigenvalue weighted by atomic mass is 16.5. The van der Waals surface area contributed by atoms with E-state index in [2.05, 4.69) is 0 Å². The number of Topliss-reactive ketones (excluding diaryl/α,β-unsaturated/α-hetero) is 2. The molecule has 2 aromatic rings. The van der Waals surface area contributed by atoms with Crippen LogP contribution in [0.5, 0.6) is 17.2 Å². The van der Waals surface area contributed by atoms with E-state index in [4.69, 9.17) is 9.47 Å². The third-order valence-electron chi connectivity index (χ3n) is 9.14. The second-order valence-electron chi connectivity index (χ2n) is 10.6. The van der Waals surface area contributed by atoms with Crippen molar-refractivity contribution in [1.82, 2.24) is 13.9 Å². The zero-order chi connectivity index (χ0) is 27.2. The number of rotatable bonds is 3. The molecule has 37 heavy (non-hydrogen) atoms. The first-order chi connectivity index (χ1) is 17.3. The number of aromatic hydroxyl groups is 1. The van der Waals surface area contributed by atoms with Gasteiger partial charge in [-0.25, -0.2) is 23.5 Å². The van der Waals surface area contributed by atoms with Gasteiger partial charge in [-0.2, -0.15) is 0 Å². The number of carbonyl (C=O) groups excluding carboxylic acids is 2. The van der Waals surface area contributed by atoms with Gasteiger partial charge in [-0.3, -0.25) is 9.59 Å². The molecule has 1 aromatic carbocycles. The van der Waals surface area contributed by atoms with Gasteiger partial charge in [0.1, 0.15) is 17.2 Å². The number of aromatic nitrogens is 3. The Balaban J connectivity index is 1.90. The van der Waals surface area contributed by atoms with Crippen LogP contribution in [0.15, 0.2) is 44.5 Å². The number of nitrogens with zero attached hydrogens (tertiary/aromatic N) is 3. The van der Waals surface area contributed by atoms with Gasteiger partial charge in [0, 0.05) is 36.1 Å². The Morgan fingerprint density at radius 1 is 0.973 bits per heavy atom. The van der Waals surface area contributed by atoms with Crippen LogP contribution in [0.3, 0.4) is 0 Å². The van der Waals surface area contributed by atoms with Crippen molar-refractivity contribution in [3.05, 3.63) is 61.5 Å². The molecular weight excluding hydrogens is 478 g/mol. The number of methoxy groups -OCH3 is 2. The van der Waals surface area contributed by atoms with Gasteiger partial charge in [0.25, 0.3) is 0 Å². The second kappa shape index (κ2) is 7.84. The fraction of sp³-hybridized carbons (Fsp3) is 0.481. The summed E-state index contributed by atoms with van der Waals surface area (Å²) in [6.07, 6.45) is 1.98. The number of allylic oxidation sites excluding steroid dienone is 4. The van der Waals surface area contributed by atoms with Crippen LogP contribution in [0.4, 0.5) is 0 Å². The van der Waals surface area contributed by atoms with Crippen LogP contribution >= 0.6 is 0 Å². The zero-order valence-electron chi connectivity index (χ0n) is 22.0. The summed E-state index contributed by atoms with van der Waals surface area (Å²) in [7, 11) is 4.34. The summed E-state index contributed by atoms with van der Waals surface area (Å²) in [5.74, 6) is -0.711. The molecule has 0 spiro atoms. The van der Waals surface area contributed by atoms with Gasteiger partial charge in [-0.15, -0.1) is 0 Å². The SMILES string of the molecule is COc1cc(O)c([C@H]2C3=CCn4c(=O)n(C)c(=O)n4[C@@H]3C[C@@]3(C)C(=O)C(C)=C(C)C(=O)[C@@]23C)c(OC)c1. The summed E-state index contributed by atoms with van der Waals surface area (Å²) < 4.78 is 14.8. The first-order valence-corrected chi connectivity index (χ1v) is 12.1. The topological polar surface area (TPSA) is 122 Å². The lowest BCUT2D eigenvalue weighted by Gasteiger charge is -2.58. The molecule has 10 nitrogen and oxygen atoms in total. The number of phenols is 1. The van der Waals surface area contributed by atoms with Gasteiger partial charge in [0.2, 0.25) is 0 Å². The quantitative estimate of drug-likeness (QED) is 0.630. The summed E-state index contributed by atoms with van der Waals surface area (Å²) in [4.78, 5) is 54.2. The minimum atomic E-state index is -1.31. The largest absolute Gasteiger partial charge is 0.507 e. The molecular formula is C27H31N3O7. The van der Waals surface area contributed by atoms with Crippen LogP contribution in [-0.4, -0.2) is 44.8 Å². The minimum Gasteiger partial charge on any atom is -0.507 e. The van der Waals surface area contributed by atoms with E-state index in [0.717, 1.165) is 4.57 Å². The van der Waals surface area contributed by atoms with Crippen LogP contribution in [0.1, 0.15) is 51.6 Å². The average molecular weight is 510 g/mol. The molecule has 3 aliphatic rings. The van der Waals surface area contributed by atoms with Gasteiger partial charge >= 0.3 is 11.4 Å². The van der Waals surface area contributed by atoms with E-state index in [0.29, 0.717) is 33.8 Å². The zero-order valence-corrected chi connectivity index (χ0v) is 22.0. The summed E-state index contributed by atoms with van der Waals surface area (Å²) >= 11 is 0. The number of hydrogen-bond donors (Lipinski definition) is 1. The molecule has 0 saturated heterocycles. The molecule has 2 aliphatic carbocycles. The number of phenolic OH excluding ortho intramolecular Hbond substituents is 1. The Morgan fingerprint density at radius 2 is 1.62 bits per heavy atom. The van der Waals surface area contributed by atoms with E-state index < -0.39 is 34.2 Å². The number of fused-ring (bicyclic) bond motifs is 4. The Kier molecular flexibility index (Phi) is 5.27. The monoisotopic (exact) mass is 509 g/mol. The molecule has 1 fully saturated rings. The third kappa shape index (κ3) is 2.86. The van der Waals surface area contributed by atoms with Crippen molar-refractivity contribution in [2.45, 2.75) is 52.6 Å². The molecule has 0 bridgehead atoms. The van der Waals surface area contributed by atoms with Crippen molar-refractivity contribution in [2.24, 2.45) is 17.9 Å². The first kappa shape index (κ1) is 24.9. The number of benzene rings is 1. The Morgan fingerprint density at radius 3 is 2.24 bits per heavy atom. The molecule has 2 heterocycles. The fourth-order valence-electron chi connectivity index (χ4n) is 6.78. The predicted molar refractivity (Wildman–Crippen MR) is 134 cm³/mol. The molecule has 5 rings (SSSR count). The van der Waals surface area contributed by atoms with E-state index in [1.165, 1.54) is 36.7 Å². The Labute approximate surface area is 213 Å². The van der Waals surface area contributed by atoms with E-state index >= 15 is 0 Å². The maximum Gasteiger partial charge on any atom is 0.347 e. The molecule has 1 N–H and O–H groups in total. The first-order valence-electron chi connectivity index (χ1n) is 12.1. The summed E-state index contributed by atoms with van der Waals surface area (Å²) in [6.45, 7) is 6.94. The lowest BCUT2D eigenvalue weighted by atomic mass is 9.43. The third-order valence-corrected chi connectivity index (χ3v) is 9.14. The van der Waals surface area contributed by atoms with Crippen LogP contribution in [-0.2, 0) is 23.2 Å². The van der Waals surface area contributed by atoms with Gasteiger partial charge in [-0.1, -0.05) is 19.9 Å². The number of ether oxygens (including phenoxy) is 2. The summed E-state index contributed by atoms with van der Waals surface area (Å²) in [5.41, 5.74) is -1.74. The lowest BCUT2D eigenvalue weighted by Crippen LogP contribution is -2.61. The Hall–Kier alpha value is -3.82. The van der Waals surface area contributed by atoms with Crippen molar-refractivity contribution >= 4 is 11.6 Å². The number of hydrogen-bond acceptors (Lipinski definition) is 7. The van der Waals surface area contributed by atoms with E-state index in [9.17, 15) is 24.3 Å². The van der Waals surface area contributed by atoms with Crippen LogP contribution in [0.2, 0.25) is 0 Å². The standard InChI is InChI=1S/C27H31N3O7/c1-13-14(2)23(33)27(4)21(20-18(31)10-15(36-6)11-19(20)37-7)16-8-9-29-24(34)28(5)25(35)30(29)17(16)12-26(27,3)22(13)32/h8,10-11,17,21,31H,9,12H2,1-7H3/t17-,21-,26+,27-/m1/s1. The molecule has 0 radical (unpaired) electrons. The van der Waals surface area contributed by atoms with E-state index in [-0.39, 0.29) is 30.3 Å². The van der Waals surface area contributed by atoms with Crippen molar-refractivity contribution < 1.29 is 24.2 Å². The van der Waals surface area contributed by atoms with Crippen LogP contribution in [0, 0.1) is 10.8 Å². The molecule has 4 atom stereocenters. The highest BCUT2D eigenvalue weighted by Crippen LogP contribution is 2.67. The average Bonchev–Trinajstić information content (AvgIpc) is 3.10. The van der Waals surface area contributed by atoms with E-state index in [1.807, 2.05) is 6.08 Å². The molecule has 196 valence electrons. The second-order valence-corrected chi connectivity index (χ2v) is 10.6. The molecule has 1 aromatic heterocycles. The fourth-order valence-corrected chi connectivity index (χ4v) is 6.78. The molecule has 1 saturated carbocycles.